The first-order valence-electron chi connectivity index (χ1n) is 6.26. The molecule has 1 N–H and O–H groups in total. The highest BCUT2D eigenvalue weighted by molar-refractivity contribution is 5.14. The lowest BCUT2D eigenvalue weighted by Gasteiger charge is -2.18. The van der Waals surface area contributed by atoms with Gasteiger partial charge < -0.3 is 5.32 Å². The van der Waals surface area contributed by atoms with Crippen molar-refractivity contribution in [2.75, 3.05) is 13.1 Å². The second kappa shape index (κ2) is 5.46. The lowest BCUT2D eigenvalue weighted by Crippen LogP contribution is -2.36. The van der Waals surface area contributed by atoms with Gasteiger partial charge in [0.2, 0.25) is 0 Å². The van der Waals surface area contributed by atoms with Crippen LogP contribution in [-0.2, 0) is 6.54 Å². The van der Waals surface area contributed by atoms with Crippen LogP contribution < -0.4 is 5.32 Å². The van der Waals surface area contributed by atoms with Crippen molar-refractivity contribution in [1.29, 1.82) is 0 Å². The van der Waals surface area contributed by atoms with E-state index in [2.05, 4.69) is 54.4 Å². The number of hydrogen-bond acceptors (Lipinski definition) is 2. The maximum absolute atomic E-state index is 3.62. The Kier molecular flexibility index (Phi) is 3.97. The summed E-state index contributed by atoms with van der Waals surface area (Å²) in [7, 11) is 0. The summed E-state index contributed by atoms with van der Waals surface area (Å²) in [6, 6.07) is 12.0. The molecular weight excluding hydrogens is 196 g/mol. The summed E-state index contributed by atoms with van der Waals surface area (Å²) >= 11 is 0. The number of nitrogens with one attached hydrogen (secondary N) is 1. The van der Waals surface area contributed by atoms with E-state index in [1.165, 1.54) is 25.1 Å². The molecule has 88 valence electrons. The van der Waals surface area contributed by atoms with Crippen LogP contribution in [0.25, 0.3) is 0 Å². The fourth-order valence-electron chi connectivity index (χ4n) is 2.43. The van der Waals surface area contributed by atoms with E-state index in [0.29, 0.717) is 12.1 Å². The Balaban J connectivity index is 1.81. The van der Waals surface area contributed by atoms with Crippen molar-refractivity contribution in [1.82, 2.24) is 10.2 Å². The Morgan fingerprint density at radius 1 is 1.31 bits per heavy atom. The van der Waals surface area contributed by atoms with E-state index >= 15 is 0 Å². The van der Waals surface area contributed by atoms with Gasteiger partial charge in [-0.25, -0.2) is 0 Å². The van der Waals surface area contributed by atoms with Crippen molar-refractivity contribution < 1.29 is 0 Å². The van der Waals surface area contributed by atoms with Crippen LogP contribution in [0.15, 0.2) is 30.3 Å². The third-order valence-corrected chi connectivity index (χ3v) is 3.09. The molecule has 16 heavy (non-hydrogen) atoms. The minimum Gasteiger partial charge on any atom is -0.310 e. The molecule has 1 atom stereocenters. The molecular formula is C14H22N2. The van der Waals surface area contributed by atoms with Crippen molar-refractivity contribution in [3.8, 4) is 0 Å². The van der Waals surface area contributed by atoms with Crippen LogP contribution in [0, 0.1) is 0 Å². The van der Waals surface area contributed by atoms with Crippen LogP contribution >= 0.6 is 0 Å². The predicted octanol–water partition coefficient (Wildman–Crippen LogP) is 2.26. The van der Waals surface area contributed by atoms with Crippen molar-refractivity contribution in [2.45, 2.75) is 38.9 Å². The molecule has 0 aliphatic carbocycles. The van der Waals surface area contributed by atoms with E-state index in [4.69, 9.17) is 0 Å². The van der Waals surface area contributed by atoms with E-state index in [1.807, 2.05) is 0 Å². The number of benzene rings is 1. The summed E-state index contributed by atoms with van der Waals surface area (Å²) in [6.45, 7) is 7.95. The van der Waals surface area contributed by atoms with E-state index < -0.39 is 0 Å². The minimum atomic E-state index is 0.599. The highest BCUT2D eigenvalue weighted by Crippen LogP contribution is 2.13. The lowest BCUT2D eigenvalue weighted by molar-refractivity contribution is 0.317. The molecule has 0 unspecified atom stereocenters. The molecule has 0 bridgehead atoms. The molecule has 1 saturated heterocycles. The van der Waals surface area contributed by atoms with Gasteiger partial charge in [-0.1, -0.05) is 44.2 Å². The number of likely N-dealkylation sites (tertiary alicyclic amines) is 1. The third kappa shape index (κ3) is 3.32. The lowest BCUT2D eigenvalue weighted by atomic mass is 10.2. The molecule has 1 aliphatic heterocycles. The predicted molar refractivity (Wildman–Crippen MR) is 68.4 cm³/mol. The molecule has 1 aromatic carbocycles. The van der Waals surface area contributed by atoms with Crippen molar-refractivity contribution in [3.05, 3.63) is 35.9 Å². The van der Waals surface area contributed by atoms with Crippen LogP contribution in [-0.4, -0.2) is 30.1 Å². The molecule has 1 aliphatic rings. The Bertz CT molecular complexity index is 308. The van der Waals surface area contributed by atoms with Gasteiger partial charge in [-0.05, 0) is 12.0 Å². The van der Waals surface area contributed by atoms with Crippen LogP contribution in [0.4, 0.5) is 0 Å². The summed E-state index contributed by atoms with van der Waals surface area (Å²) < 4.78 is 0. The van der Waals surface area contributed by atoms with Gasteiger partial charge in [0.25, 0.3) is 0 Å². The smallest absolute Gasteiger partial charge is 0.0234 e. The SMILES string of the molecule is CC(C)N[C@@H]1CCN(Cc2ccccc2)C1. The van der Waals surface area contributed by atoms with Crippen LogP contribution in [0.5, 0.6) is 0 Å². The molecule has 2 nitrogen and oxygen atoms in total. The zero-order chi connectivity index (χ0) is 11.4. The van der Waals surface area contributed by atoms with Crippen molar-refractivity contribution in [2.24, 2.45) is 0 Å². The topological polar surface area (TPSA) is 15.3 Å². The Morgan fingerprint density at radius 2 is 2.06 bits per heavy atom. The molecule has 2 rings (SSSR count). The molecule has 0 saturated carbocycles. The zero-order valence-corrected chi connectivity index (χ0v) is 10.3. The third-order valence-electron chi connectivity index (χ3n) is 3.09. The van der Waals surface area contributed by atoms with Gasteiger partial charge in [-0.15, -0.1) is 0 Å². The quantitative estimate of drug-likeness (QED) is 0.834. The van der Waals surface area contributed by atoms with Gasteiger partial charge in [0.15, 0.2) is 0 Å². The number of rotatable bonds is 4. The highest BCUT2D eigenvalue weighted by atomic mass is 15.2. The van der Waals surface area contributed by atoms with Gasteiger partial charge in [0.1, 0.15) is 0 Å². The van der Waals surface area contributed by atoms with Crippen LogP contribution in [0.1, 0.15) is 25.8 Å². The summed E-state index contributed by atoms with van der Waals surface area (Å²) in [5.74, 6) is 0. The summed E-state index contributed by atoms with van der Waals surface area (Å²) in [6.07, 6.45) is 1.28. The molecule has 2 heteroatoms. The second-order valence-electron chi connectivity index (χ2n) is 5.03. The fraction of sp³-hybridized carbons (Fsp3) is 0.571. The van der Waals surface area contributed by atoms with E-state index in [1.54, 1.807) is 0 Å². The Morgan fingerprint density at radius 3 is 2.75 bits per heavy atom. The highest BCUT2D eigenvalue weighted by Gasteiger charge is 2.22. The van der Waals surface area contributed by atoms with Gasteiger partial charge in [0.05, 0.1) is 0 Å². The summed E-state index contributed by atoms with van der Waals surface area (Å²) in [5.41, 5.74) is 1.42. The van der Waals surface area contributed by atoms with E-state index in [-0.39, 0.29) is 0 Å². The Hall–Kier alpha value is -0.860. The molecule has 0 aromatic heterocycles. The zero-order valence-electron chi connectivity index (χ0n) is 10.3. The average molecular weight is 218 g/mol. The molecule has 0 amide bonds. The first-order valence-corrected chi connectivity index (χ1v) is 6.26. The fourth-order valence-corrected chi connectivity index (χ4v) is 2.43. The molecule has 1 fully saturated rings. The monoisotopic (exact) mass is 218 g/mol. The van der Waals surface area contributed by atoms with Crippen LogP contribution in [0.2, 0.25) is 0 Å². The molecule has 1 aromatic rings. The van der Waals surface area contributed by atoms with Gasteiger partial charge in [-0.2, -0.15) is 0 Å². The molecule has 0 spiro atoms. The molecule has 1 heterocycles. The van der Waals surface area contributed by atoms with Crippen molar-refractivity contribution >= 4 is 0 Å². The maximum atomic E-state index is 3.62. The average Bonchev–Trinajstić information content (AvgIpc) is 2.66. The van der Waals surface area contributed by atoms with Gasteiger partial charge >= 0.3 is 0 Å². The maximum Gasteiger partial charge on any atom is 0.0234 e. The number of nitrogens with zero attached hydrogens (tertiary/aromatic N) is 1. The van der Waals surface area contributed by atoms with Crippen molar-refractivity contribution in [3.63, 3.8) is 0 Å². The first-order chi connectivity index (χ1) is 7.74. The van der Waals surface area contributed by atoms with Crippen LogP contribution in [0.3, 0.4) is 0 Å². The normalized spacial score (nSPS) is 21.8. The van der Waals surface area contributed by atoms with E-state index in [0.717, 1.165) is 6.54 Å². The van der Waals surface area contributed by atoms with Gasteiger partial charge in [0, 0.05) is 31.7 Å². The second-order valence-corrected chi connectivity index (χ2v) is 5.03. The first kappa shape index (κ1) is 11.6. The van der Waals surface area contributed by atoms with Gasteiger partial charge in [-0.3, -0.25) is 4.90 Å². The standard InChI is InChI=1S/C14H22N2/c1-12(2)15-14-8-9-16(11-14)10-13-6-4-3-5-7-13/h3-7,12,14-15H,8-11H2,1-2H3/t14-/m1/s1. The van der Waals surface area contributed by atoms with E-state index in [9.17, 15) is 0 Å². The largest absolute Gasteiger partial charge is 0.310 e. The number of hydrogen-bond donors (Lipinski definition) is 1. The summed E-state index contributed by atoms with van der Waals surface area (Å²) in [5, 5.41) is 3.62. The molecule has 0 radical (unpaired) electrons. The summed E-state index contributed by atoms with van der Waals surface area (Å²) in [4.78, 5) is 2.54. The minimum absolute atomic E-state index is 0.599. The Labute approximate surface area is 98.7 Å².